The molecule has 0 radical (unpaired) electrons. The maximum absolute atomic E-state index is 11.8. The first-order valence-electron chi connectivity index (χ1n) is 7.28. The summed E-state index contributed by atoms with van der Waals surface area (Å²) in [6.07, 6.45) is 1.88. The minimum atomic E-state index is -1.02. The maximum Gasteiger partial charge on any atom is 0.340 e. The average molecular weight is 302 g/mol. The van der Waals surface area contributed by atoms with Crippen LogP contribution in [0.2, 0.25) is 0 Å². The molecular formula is C19H14N2O2. The molecule has 0 aliphatic rings. The molecule has 112 valence electrons. The molecule has 4 rings (SSSR count). The first-order valence-corrected chi connectivity index (χ1v) is 7.28. The van der Waals surface area contributed by atoms with Crippen molar-refractivity contribution >= 4 is 27.9 Å². The zero-order chi connectivity index (χ0) is 16.0. The summed E-state index contributed by atoms with van der Waals surface area (Å²) in [6.45, 7) is 0. The van der Waals surface area contributed by atoms with E-state index in [-0.39, 0.29) is 5.56 Å². The van der Waals surface area contributed by atoms with Gasteiger partial charge in [-0.1, -0.05) is 54.6 Å². The highest BCUT2D eigenvalue weighted by Crippen LogP contribution is 2.37. The van der Waals surface area contributed by atoms with Crippen molar-refractivity contribution in [1.29, 1.82) is 0 Å². The Balaban J connectivity index is 2.23. The zero-order valence-corrected chi connectivity index (χ0v) is 12.2. The molecule has 0 saturated heterocycles. The molecule has 0 aliphatic carbocycles. The number of benzene rings is 2. The number of aromatic carboxylic acids is 1. The largest absolute Gasteiger partial charge is 0.478 e. The Morgan fingerprint density at radius 3 is 2.39 bits per heavy atom. The van der Waals surface area contributed by atoms with Gasteiger partial charge in [-0.15, -0.1) is 0 Å². The highest BCUT2D eigenvalue weighted by atomic mass is 16.4. The lowest BCUT2D eigenvalue weighted by Gasteiger charge is -2.06. The Hall–Kier alpha value is -3.27. The van der Waals surface area contributed by atoms with Gasteiger partial charge < -0.3 is 15.2 Å². The molecule has 2 aromatic heterocycles. The number of anilines is 1. The fourth-order valence-electron chi connectivity index (χ4n) is 3.14. The predicted molar refractivity (Wildman–Crippen MR) is 91.7 cm³/mol. The number of hydrogen-bond donors (Lipinski definition) is 2. The summed E-state index contributed by atoms with van der Waals surface area (Å²) in [7, 11) is 0. The summed E-state index contributed by atoms with van der Waals surface area (Å²) < 4.78 is 1.87. The molecule has 4 nitrogen and oxygen atoms in total. The van der Waals surface area contributed by atoms with Crippen molar-refractivity contribution < 1.29 is 9.90 Å². The molecule has 0 aliphatic heterocycles. The molecule has 3 N–H and O–H groups in total. The monoisotopic (exact) mass is 302 g/mol. The van der Waals surface area contributed by atoms with E-state index in [0.717, 1.165) is 16.3 Å². The molecule has 0 unspecified atom stereocenters. The van der Waals surface area contributed by atoms with Crippen LogP contribution in [0.15, 0.2) is 66.9 Å². The zero-order valence-electron chi connectivity index (χ0n) is 12.2. The molecule has 4 heteroatoms. The number of nitrogens with zero attached hydrogens (tertiary/aromatic N) is 1. The van der Waals surface area contributed by atoms with Crippen LogP contribution in [0.25, 0.3) is 27.5 Å². The molecule has 0 saturated carbocycles. The van der Waals surface area contributed by atoms with Gasteiger partial charge in [-0.3, -0.25) is 0 Å². The van der Waals surface area contributed by atoms with Gasteiger partial charge in [-0.25, -0.2) is 4.79 Å². The van der Waals surface area contributed by atoms with Crippen LogP contribution in [0.1, 0.15) is 10.4 Å². The lowest BCUT2D eigenvalue weighted by molar-refractivity contribution is 0.0700. The van der Waals surface area contributed by atoms with E-state index in [9.17, 15) is 9.90 Å². The number of fused-ring (bicyclic) bond motifs is 3. The van der Waals surface area contributed by atoms with Crippen LogP contribution >= 0.6 is 0 Å². The van der Waals surface area contributed by atoms with Gasteiger partial charge in [0.25, 0.3) is 0 Å². The number of nitrogen functional groups attached to an aromatic ring is 1. The molecule has 23 heavy (non-hydrogen) atoms. The fourth-order valence-corrected chi connectivity index (χ4v) is 3.14. The first-order chi connectivity index (χ1) is 11.2. The second kappa shape index (κ2) is 4.88. The quantitative estimate of drug-likeness (QED) is 0.587. The number of rotatable bonds is 2. The van der Waals surface area contributed by atoms with Crippen LogP contribution < -0.4 is 5.73 Å². The number of pyridine rings is 1. The summed E-state index contributed by atoms with van der Waals surface area (Å²) in [6, 6.07) is 19.3. The molecular weight excluding hydrogens is 288 g/mol. The maximum atomic E-state index is 11.8. The third kappa shape index (κ3) is 1.89. The van der Waals surface area contributed by atoms with E-state index >= 15 is 0 Å². The van der Waals surface area contributed by atoms with Crippen LogP contribution in [0, 0.1) is 0 Å². The van der Waals surface area contributed by atoms with Crippen LogP contribution in [0.4, 0.5) is 5.69 Å². The van der Waals surface area contributed by atoms with Crippen LogP contribution in [-0.2, 0) is 0 Å². The van der Waals surface area contributed by atoms with E-state index in [1.807, 2.05) is 71.3 Å². The minimum absolute atomic E-state index is 0.153. The second-order valence-corrected chi connectivity index (χ2v) is 5.43. The van der Waals surface area contributed by atoms with Gasteiger partial charge in [0.15, 0.2) is 0 Å². The van der Waals surface area contributed by atoms with Crippen molar-refractivity contribution in [1.82, 2.24) is 4.40 Å². The Labute approximate surface area is 132 Å². The van der Waals surface area contributed by atoms with E-state index in [1.165, 1.54) is 0 Å². The summed E-state index contributed by atoms with van der Waals surface area (Å²) in [5, 5.41) is 11.6. The number of carboxylic acids is 1. The van der Waals surface area contributed by atoms with Gasteiger partial charge in [-0.2, -0.15) is 0 Å². The van der Waals surface area contributed by atoms with Crippen LogP contribution in [-0.4, -0.2) is 15.5 Å². The average Bonchev–Trinajstić information content (AvgIpc) is 2.88. The normalized spacial score (nSPS) is 11.1. The Morgan fingerprint density at radius 2 is 1.65 bits per heavy atom. The molecule has 0 spiro atoms. The number of aromatic nitrogens is 1. The summed E-state index contributed by atoms with van der Waals surface area (Å²) in [5.74, 6) is -1.02. The van der Waals surface area contributed by atoms with E-state index < -0.39 is 5.97 Å². The Bertz CT molecular complexity index is 1050. The van der Waals surface area contributed by atoms with Crippen molar-refractivity contribution in [2.24, 2.45) is 0 Å². The summed E-state index contributed by atoms with van der Waals surface area (Å²) >= 11 is 0. The van der Waals surface area contributed by atoms with Crippen molar-refractivity contribution in [2.45, 2.75) is 0 Å². The lowest BCUT2D eigenvalue weighted by atomic mass is 10.1. The molecule has 2 heterocycles. The van der Waals surface area contributed by atoms with Gasteiger partial charge in [0.2, 0.25) is 0 Å². The van der Waals surface area contributed by atoms with E-state index in [1.54, 1.807) is 0 Å². The number of nitrogens with two attached hydrogens (primary N) is 1. The molecule has 0 amide bonds. The van der Waals surface area contributed by atoms with E-state index in [0.29, 0.717) is 16.9 Å². The summed E-state index contributed by atoms with van der Waals surface area (Å²) in [5.41, 5.74) is 8.92. The molecule has 2 aromatic carbocycles. The molecule has 4 aromatic rings. The Kier molecular flexibility index (Phi) is 2.84. The van der Waals surface area contributed by atoms with Gasteiger partial charge in [-0.05, 0) is 11.5 Å². The Morgan fingerprint density at radius 1 is 0.957 bits per heavy atom. The van der Waals surface area contributed by atoms with Gasteiger partial charge >= 0.3 is 5.97 Å². The number of carbonyl (C=O) groups is 1. The lowest BCUT2D eigenvalue weighted by Crippen LogP contribution is -2.00. The van der Waals surface area contributed by atoms with Crippen molar-refractivity contribution in [3.8, 4) is 11.3 Å². The molecule has 0 atom stereocenters. The third-order valence-electron chi connectivity index (χ3n) is 4.12. The van der Waals surface area contributed by atoms with Gasteiger partial charge in [0, 0.05) is 17.1 Å². The van der Waals surface area contributed by atoms with E-state index in [2.05, 4.69) is 0 Å². The number of hydrogen-bond acceptors (Lipinski definition) is 2. The molecule has 0 bridgehead atoms. The second-order valence-electron chi connectivity index (χ2n) is 5.43. The highest BCUT2D eigenvalue weighted by molar-refractivity contribution is 6.13. The van der Waals surface area contributed by atoms with Crippen molar-refractivity contribution in [3.05, 3.63) is 72.4 Å². The molecule has 0 fully saturated rings. The number of carboxylic acid groups (broad SMARTS) is 1. The minimum Gasteiger partial charge on any atom is -0.478 e. The van der Waals surface area contributed by atoms with Crippen LogP contribution in [0.5, 0.6) is 0 Å². The SMILES string of the molecule is Nc1c(C(=O)O)c2c3ccccc3ccn2c1-c1ccccc1. The van der Waals surface area contributed by atoms with E-state index in [4.69, 9.17) is 5.73 Å². The van der Waals surface area contributed by atoms with Crippen molar-refractivity contribution in [3.63, 3.8) is 0 Å². The topological polar surface area (TPSA) is 67.7 Å². The van der Waals surface area contributed by atoms with Gasteiger partial charge in [0.05, 0.1) is 16.9 Å². The smallest absolute Gasteiger partial charge is 0.340 e. The van der Waals surface area contributed by atoms with Crippen molar-refractivity contribution in [2.75, 3.05) is 5.73 Å². The predicted octanol–water partition coefficient (Wildman–Crippen LogP) is 4.04. The van der Waals surface area contributed by atoms with Gasteiger partial charge in [0.1, 0.15) is 5.56 Å². The highest BCUT2D eigenvalue weighted by Gasteiger charge is 2.23. The summed E-state index contributed by atoms with van der Waals surface area (Å²) in [4.78, 5) is 11.8. The third-order valence-corrected chi connectivity index (χ3v) is 4.12. The fraction of sp³-hybridized carbons (Fsp3) is 0. The standard InChI is InChI=1S/C19H14N2O2/c20-16-15(19(22)23)18-14-9-5-4-6-12(14)10-11-21(18)17(16)13-7-2-1-3-8-13/h1-11H,20H2,(H,22,23). The van der Waals surface area contributed by atoms with Crippen LogP contribution in [0.3, 0.4) is 0 Å². The first kappa shape index (κ1) is 13.4.